The van der Waals surface area contributed by atoms with Gasteiger partial charge in [-0.1, -0.05) is 12.1 Å². The van der Waals surface area contributed by atoms with E-state index in [0.717, 1.165) is 32.0 Å². The fraction of sp³-hybridized carbons (Fsp3) is 0.364. The van der Waals surface area contributed by atoms with E-state index >= 15 is 0 Å². The summed E-state index contributed by atoms with van der Waals surface area (Å²) in [6.45, 7) is 4.96. The molecule has 0 bridgehead atoms. The molecule has 2 atom stereocenters. The van der Waals surface area contributed by atoms with Gasteiger partial charge in [0.1, 0.15) is 5.82 Å². The lowest BCUT2D eigenvalue weighted by molar-refractivity contribution is -0.885. The summed E-state index contributed by atoms with van der Waals surface area (Å²) in [5, 5.41) is 5.43. The van der Waals surface area contributed by atoms with Crippen molar-refractivity contribution in [3.63, 3.8) is 0 Å². The Kier molecular flexibility index (Phi) is 7.37. The number of morpholine rings is 1. The van der Waals surface area contributed by atoms with E-state index in [1.807, 2.05) is 24.3 Å². The Balaban J connectivity index is 1.49. The zero-order chi connectivity index (χ0) is 21.5. The highest BCUT2D eigenvalue weighted by atomic mass is 19.1. The number of hydrogen-bond donors (Lipinski definition) is 3. The third kappa shape index (κ3) is 5.77. The van der Waals surface area contributed by atoms with Crippen molar-refractivity contribution in [3.8, 4) is 0 Å². The van der Waals surface area contributed by atoms with Crippen LogP contribution in [0.25, 0.3) is 0 Å². The molecule has 1 unspecified atom stereocenters. The van der Waals surface area contributed by atoms with Gasteiger partial charge in [-0.25, -0.2) is 4.39 Å². The molecule has 1 fully saturated rings. The van der Waals surface area contributed by atoms with E-state index in [1.54, 1.807) is 26.1 Å². The highest BCUT2D eigenvalue weighted by molar-refractivity contribution is 5.94. The number of anilines is 3. The summed E-state index contributed by atoms with van der Waals surface area (Å²) in [4.78, 5) is 27.7. The van der Waals surface area contributed by atoms with Gasteiger partial charge in [0.25, 0.3) is 11.8 Å². The molecule has 3 rings (SSSR count). The van der Waals surface area contributed by atoms with E-state index < -0.39 is 11.9 Å². The van der Waals surface area contributed by atoms with Crippen molar-refractivity contribution in [1.82, 2.24) is 0 Å². The number of benzene rings is 2. The predicted octanol–water partition coefficient (Wildman–Crippen LogP) is 1.14. The highest BCUT2D eigenvalue weighted by Crippen LogP contribution is 2.19. The largest absolute Gasteiger partial charge is 0.378 e. The second-order valence-corrected chi connectivity index (χ2v) is 7.41. The van der Waals surface area contributed by atoms with Gasteiger partial charge in [0, 0.05) is 24.5 Å². The predicted molar refractivity (Wildman–Crippen MR) is 114 cm³/mol. The summed E-state index contributed by atoms with van der Waals surface area (Å²) in [5.41, 5.74) is 1.93. The maximum Gasteiger partial charge on any atom is 0.282 e. The summed E-state index contributed by atoms with van der Waals surface area (Å²) >= 11 is 0. The first kappa shape index (κ1) is 21.7. The molecule has 2 amide bonds. The van der Waals surface area contributed by atoms with Crippen LogP contribution in [0.3, 0.4) is 0 Å². The molecular weight excluding hydrogens is 387 g/mol. The van der Waals surface area contributed by atoms with Gasteiger partial charge in [-0.2, -0.15) is 0 Å². The van der Waals surface area contributed by atoms with E-state index in [9.17, 15) is 14.0 Å². The second kappa shape index (κ2) is 10.2. The quantitative estimate of drug-likeness (QED) is 0.634. The number of halogens is 1. The summed E-state index contributed by atoms with van der Waals surface area (Å²) in [7, 11) is 1.76. The van der Waals surface area contributed by atoms with E-state index in [2.05, 4.69) is 15.5 Å². The lowest BCUT2D eigenvalue weighted by atomic mass is 10.2. The SMILES string of the molecule is C[C@@H](C(=O)Nc1ccccc1F)[NH+](C)CC(=O)Nc1ccc(N2CCOCC2)cc1. The number of amides is 2. The molecule has 3 N–H and O–H groups in total. The summed E-state index contributed by atoms with van der Waals surface area (Å²) in [6, 6.07) is 13.2. The normalized spacial score (nSPS) is 15.9. The Morgan fingerprint density at radius 1 is 1.10 bits per heavy atom. The van der Waals surface area contributed by atoms with Crippen molar-refractivity contribution in [2.24, 2.45) is 0 Å². The Labute approximate surface area is 175 Å². The Bertz CT molecular complexity index is 869. The summed E-state index contributed by atoms with van der Waals surface area (Å²) < 4.78 is 19.1. The van der Waals surface area contributed by atoms with Crippen LogP contribution in [0.15, 0.2) is 48.5 Å². The molecule has 1 heterocycles. The first-order valence-corrected chi connectivity index (χ1v) is 10.0. The zero-order valence-corrected chi connectivity index (χ0v) is 17.3. The van der Waals surface area contributed by atoms with Crippen LogP contribution in [0.1, 0.15) is 6.92 Å². The molecule has 0 saturated carbocycles. The van der Waals surface area contributed by atoms with Crippen LogP contribution in [0, 0.1) is 5.82 Å². The van der Waals surface area contributed by atoms with Crippen LogP contribution in [0.5, 0.6) is 0 Å². The Hall–Kier alpha value is -2.97. The minimum atomic E-state index is -0.529. The van der Waals surface area contributed by atoms with Gasteiger partial charge in [0.15, 0.2) is 12.6 Å². The molecule has 0 aromatic heterocycles. The standard InChI is InChI=1S/C22H27FN4O3/c1-16(22(29)25-20-6-4-3-5-19(20)23)26(2)15-21(28)24-17-7-9-18(10-8-17)27-11-13-30-14-12-27/h3-10,16H,11-15H2,1-2H3,(H,24,28)(H,25,29)/p+1/t16-/m0/s1. The molecule has 1 aliphatic heterocycles. The Morgan fingerprint density at radius 2 is 1.77 bits per heavy atom. The minimum absolute atomic E-state index is 0.108. The molecule has 7 nitrogen and oxygen atoms in total. The fourth-order valence-electron chi connectivity index (χ4n) is 3.22. The van der Waals surface area contributed by atoms with Gasteiger partial charge < -0.3 is 25.2 Å². The highest BCUT2D eigenvalue weighted by Gasteiger charge is 2.24. The number of nitrogens with zero attached hydrogens (tertiary/aromatic N) is 1. The second-order valence-electron chi connectivity index (χ2n) is 7.41. The molecule has 0 aliphatic carbocycles. The van der Waals surface area contributed by atoms with Crippen molar-refractivity contribution in [2.75, 3.05) is 55.4 Å². The van der Waals surface area contributed by atoms with Crippen molar-refractivity contribution >= 4 is 28.9 Å². The molecule has 30 heavy (non-hydrogen) atoms. The summed E-state index contributed by atoms with van der Waals surface area (Å²) in [5.74, 6) is -1.04. The van der Waals surface area contributed by atoms with Crippen molar-refractivity contribution < 1.29 is 23.6 Å². The smallest absolute Gasteiger partial charge is 0.282 e. The number of ether oxygens (including phenoxy) is 1. The molecule has 1 aliphatic rings. The number of para-hydroxylation sites is 1. The fourth-order valence-corrected chi connectivity index (χ4v) is 3.22. The zero-order valence-electron chi connectivity index (χ0n) is 17.3. The maximum absolute atomic E-state index is 13.7. The van der Waals surface area contributed by atoms with Crippen LogP contribution in [-0.2, 0) is 14.3 Å². The number of hydrogen-bond acceptors (Lipinski definition) is 4. The van der Waals surface area contributed by atoms with Crippen LogP contribution in [-0.4, -0.2) is 57.8 Å². The summed E-state index contributed by atoms with van der Waals surface area (Å²) in [6.07, 6.45) is 0. The monoisotopic (exact) mass is 415 g/mol. The lowest BCUT2D eigenvalue weighted by Crippen LogP contribution is -3.14. The van der Waals surface area contributed by atoms with Gasteiger partial charge in [-0.05, 0) is 43.3 Å². The van der Waals surface area contributed by atoms with Crippen LogP contribution < -0.4 is 20.4 Å². The molecule has 0 spiro atoms. The number of likely N-dealkylation sites (N-methyl/N-ethyl adjacent to an activating group) is 1. The average Bonchev–Trinajstić information content (AvgIpc) is 2.75. The van der Waals surface area contributed by atoms with Crippen LogP contribution in [0.4, 0.5) is 21.5 Å². The topological polar surface area (TPSA) is 75.1 Å². The number of rotatable bonds is 7. The third-order valence-electron chi connectivity index (χ3n) is 5.23. The molecule has 2 aromatic rings. The van der Waals surface area contributed by atoms with Gasteiger partial charge in [0.2, 0.25) is 0 Å². The lowest BCUT2D eigenvalue weighted by Gasteiger charge is -2.28. The minimum Gasteiger partial charge on any atom is -0.378 e. The van der Waals surface area contributed by atoms with E-state index in [4.69, 9.17) is 4.74 Å². The van der Waals surface area contributed by atoms with Crippen molar-refractivity contribution in [1.29, 1.82) is 0 Å². The van der Waals surface area contributed by atoms with Gasteiger partial charge in [-0.3, -0.25) is 9.59 Å². The van der Waals surface area contributed by atoms with E-state index in [-0.39, 0.29) is 24.0 Å². The van der Waals surface area contributed by atoms with Crippen molar-refractivity contribution in [3.05, 3.63) is 54.3 Å². The first-order chi connectivity index (χ1) is 14.4. The van der Waals surface area contributed by atoms with Gasteiger partial charge >= 0.3 is 0 Å². The molecule has 160 valence electrons. The van der Waals surface area contributed by atoms with Gasteiger partial charge in [-0.15, -0.1) is 0 Å². The van der Waals surface area contributed by atoms with Gasteiger partial charge in [0.05, 0.1) is 25.9 Å². The number of nitrogens with one attached hydrogen (secondary N) is 3. The van der Waals surface area contributed by atoms with E-state index in [0.29, 0.717) is 10.6 Å². The Morgan fingerprint density at radius 3 is 2.43 bits per heavy atom. The number of quaternary nitrogens is 1. The molecular formula is C22H28FN4O3+. The average molecular weight is 415 g/mol. The number of carbonyl (C=O) groups excluding carboxylic acids is 2. The van der Waals surface area contributed by atoms with Crippen LogP contribution in [0.2, 0.25) is 0 Å². The molecule has 2 aromatic carbocycles. The van der Waals surface area contributed by atoms with Crippen LogP contribution >= 0.6 is 0 Å². The van der Waals surface area contributed by atoms with Crippen molar-refractivity contribution in [2.45, 2.75) is 13.0 Å². The molecule has 0 radical (unpaired) electrons. The third-order valence-corrected chi connectivity index (χ3v) is 5.23. The first-order valence-electron chi connectivity index (χ1n) is 10.0. The number of carbonyl (C=O) groups is 2. The van der Waals surface area contributed by atoms with E-state index in [1.165, 1.54) is 12.1 Å². The maximum atomic E-state index is 13.7. The molecule has 8 heteroatoms. The molecule has 1 saturated heterocycles.